The predicted molar refractivity (Wildman–Crippen MR) is 148 cm³/mol. The monoisotopic (exact) mass is 617 g/mol. The van der Waals surface area contributed by atoms with Gasteiger partial charge < -0.3 is 20.1 Å². The van der Waals surface area contributed by atoms with E-state index in [1.165, 1.54) is 36.3 Å². The van der Waals surface area contributed by atoms with Crippen LogP contribution in [-0.2, 0) is 27.9 Å². The number of hydrogen-bond acceptors (Lipinski definition) is 7. The van der Waals surface area contributed by atoms with Gasteiger partial charge in [-0.25, -0.2) is 22.3 Å². The summed E-state index contributed by atoms with van der Waals surface area (Å²) in [5.74, 6) is -2.31. The molecule has 0 spiro atoms. The average molecular weight is 618 g/mol. The number of sulfonamides is 1. The van der Waals surface area contributed by atoms with Crippen LogP contribution < -0.4 is 14.8 Å². The van der Waals surface area contributed by atoms with Crippen molar-refractivity contribution >= 4 is 27.3 Å². The molecule has 14 heteroatoms. The number of alkyl halides is 3. The first-order valence-electron chi connectivity index (χ1n) is 12.6. The smallest absolute Gasteiger partial charge is 0.490 e. The maximum atomic E-state index is 13.1. The highest BCUT2D eigenvalue weighted by Crippen LogP contribution is 2.37. The number of nitrogens with zero attached hydrogens (tertiary/aromatic N) is 1. The predicted octanol–water partition coefficient (Wildman–Crippen LogP) is 4.86. The Morgan fingerprint density at radius 1 is 1.02 bits per heavy atom. The largest absolute Gasteiger partial charge is 0.496 e. The summed E-state index contributed by atoms with van der Waals surface area (Å²) < 4.78 is 78.9. The molecule has 224 valence electrons. The summed E-state index contributed by atoms with van der Waals surface area (Å²) in [4.78, 5) is 12.0. The van der Waals surface area contributed by atoms with Crippen molar-refractivity contribution in [2.45, 2.75) is 36.3 Å². The van der Waals surface area contributed by atoms with Crippen LogP contribution in [0.25, 0.3) is 10.4 Å². The molecule has 4 rings (SSSR count). The molecule has 1 aliphatic rings. The van der Waals surface area contributed by atoms with Crippen molar-refractivity contribution < 1.29 is 40.6 Å². The van der Waals surface area contributed by atoms with E-state index in [0.717, 1.165) is 41.2 Å². The van der Waals surface area contributed by atoms with E-state index in [-0.39, 0.29) is 5.82 Å². The van der Waals surface area contributed by atoms with Gasteiger partial charge in [0, 0.05) is 36.6 Å². The molecule has 0 aliphatic carbocycles. The molecule has 1 aromatic heterocycles. The minimum Gasteiger partial charge on any atom is -0.496 e. The van der Waals surface area contributed by atoms with Crippen molar-refractivity contribution in [1.29, 1.82) is 0 Å². The standard InChI is InChI=1S/C25H30FN3O3S2.C2HF3O2/c1-32-23-9-6-20(18-27-17-19-4-7-21(26)8-5-19)16-22(23)24-10-11-25(33-24)34(30,31)28-12-15-29-13-2-3-14-29;3-2(4,5)1(6)7/h4-11,16,27-28H,2-3,12-15,17-18H2,1H3;(H,6,7). The number of aliphatic carboxylic acids is 1. The van der Waals surface area contributed by atoms with Crippen LogP contribution in [0, 0.1) is 5.82 Å². The van der Waals surface area contributed by atoms with Crippen LogP contribution in [0.15, 0.2) is 58.8 Å². The zero-order valence-electron chi connectivity index (χ0n) is 22.2. The molecule has 3 N–H and O–H groups in total. The van der Waals surface area contributed by atoms with Crippen molar-refractivity contribution in [3.8, 4) is 16.2 Å². The number of rotatable bonds is 11. The molecule has 2 aromatic carbocycles. The Hall–Kier alpha value is -3.04. The molecule has 0 atom stereocenters. The second-order valence-electron chi connectivity index (χ2n) is 9.13. The quantitative estimate of drug-likeness (QED) is 0.264. The fourth-order valence-electron chi connectivity index (χ4n) is 4.04. The second kappa shape index (κ2) is 14.7. The van der Waals surface area contributed by atoms with Gasteiger partial charge in [0.2, 0.25) is 10.0 Å². The Kier molecular flexibility index (Phi) is 11.7. The summed E-state index contributed by atoms with van der Waals surface area (Å²) in [6.07, 6.45) is -2.71. The number of methoxy groups -OCH3 is 1. The molecule has 41 heavy (non-hydrogen) atoms. The first-order chi connectivity index (χ1) is 19.4. The third-order valence-corrected chi connectivity index (χ3v) is 9.18. The van der Waals surface area contributed by atoms with E-state index in [1.807, 2.05) is 24.3 Å². The fourth-order valence-corrected chi connectivity index (χ4v) is 6.43. The summed E-state index contributed by atoms with van der Waals surface area (Å²) in [6, 6.07) is 15.8. The van der Waals surface area contributed by atoms with Crippen molar-refractivity contribution in [2.24, 2.45) is 0 Å². The van der Waals surface area contributed by atoms with Gasteiger partial charge in [-0.3, -0.25) is 0 Å². The van der Waals surface area contributed by atoms with Gasteiger partial charge >= 0.3 is 12.1 Å². The number of halogens is 4. The first-order valence-corrected chi connectivity index (χ1v) is 14.9. The molecule has 8 nitrogen and oxygen atoms in total. The molecule has 1 saturated heterocycles. The van der Waals surface area contributed by atoms with Gasteiger partial charge in [0.15, 0.2) is 0 Å². The number of nitrogens with one attached hydrogen (secondary N) is 2. The van der Waals surface area contributed by atoms with Crippen LogP contribution in [0.3, 0.4) is 0 Å². The van der Waals surface area contributed by atoms with Crippen LogP contribution in [0.1, 0.15) is 24.0 Å². The molecule has 0 radical (unpaired) electrons. The number of carboxylic acids is 1. The second-order valence-corrected chi connectivity index (χ2v) is 12.2. The number of likely N-dealkylation sites (tertiary alicyclic amines) is 1. The molecule has 3 aromatic rings. The van der Waals surface area contributed by atoms with Crippen LogP contribution in [-0.4, -0.2) is 63.9 Å². The highest BCUT2D eigenvalue weighted by atomic mass is 32.2. The van der Waals surface area contributed by atoms with Crippen molar-refractivity contribution in [1.82, 2.24) is 14.9 Å². The molecule has 0 saturated carbocycles. The van der Waals surface area contributed by atoms with Gasteiger partial charge in [-0.15, -0.1) is 11.3 Å². The van der Waals surface area contributed by atoms with Gasteiger partial charge in [-0.1, -0.05) is 18.2 Å². The summed E-state index contributed by atoms with van der Waals surface area (Å²) in [6.45, 7) is 4.46. The van der Waals surface area contributed by atoms with E-state index in [9.17, 15) is 26.0 Å². The van der Waals surface area contributed by atoms with E-state index in [0.29, 0.717) is 29.6 Å². The van der Waals surface area contributed by atoms with E-state index >= 15 is 0 Å². The van der Waals surface area contributed by atoms with Crippen molar-refractivity contribution in [3.63, 3.8) is 0 Å². The van der Waals surface area contributed by atoms with Gasteiger partial charge in [-0.05, 0) is 73.5 Å². The molecule has 1 aliphatic heterocycles. The Labute approximate surface area is 240 Å². The van der Waals surface area contributed by atoms with E-state index < -0.39 is 22.2 Å². The lowest BCUT2D eigenvalue weighted by Crippen LogP contribution is -2.33. The molecular formula is C27H31F4N3O5S2. The molecule has 2 heterocycles. The topological polar surface area (TPSA) is 108 Å². The highest BCUT2D eigenvalue weighted by molar-refractivity contribution is 7.91. The lowest BCUT2D eigenvalue weighted by Gasteiger charge is -2.14. The Bertz CT molecular complexity index is 1390. The number of thiophene rings is 1. The van der Waals surface area contributed by atoms with E-state index in [2.05, 4.69) is 14.9 Å². The SMILES string of the molecule is COc1ccc(CNCc2ccc(F)cc2)cc1-c1ccc(S(=O)(=O)NCCN2CCCC2)s1.O=C(O)C(F)(F)F. The molecule has 0 amide bonds. The highest BCUT2D eigenvalue weighted by Gasteiger charge is 2.38. The van der Waals surface area contributed by atoms with Gasteiger partial charge in [-0.2, -0.15) is 13.2 Å². The molecule has 0 bridgehead atoms. The zero-order valence-corrected chi connectivity index (χ0v) is 23.8. The number of carbonyl (C=O) groups is 1. The van der Waals surface area contributed by atoms with Gasteiger partial charge in [0.1, 0.15) is 15.8 Å². The number of benzene rings is 2. The lowest BCUT2D eigenvalue weighted by atomic mass is 10.1. The Balaban J connectivity index is 0.000000587. The number of hydrogen-bond donors (Lipinski definition) is 3. The molecule has 0 unspecified atom stereocenters. The zero-order chi connectivity index (χ0) is 30.0. The average Bonchev–Trinajstić information content (AvgIpc) is 3.63. The Morgan fingerprint density at radius 2 is 1.63 bits per heavy atom. The normalized spacial score (nSPS) is 14.0. The van der Waals surface area contributed by atoms with Crippen LogP contribution >= 0.6 is 11.3 Å². The minimum atomic E-state index is -5.08. The lowest BCUT2D eigenvalue weighted by molar-refractivity contribution is -0.192. The summed E-state index contributed by atoms with van der Waals surface area (Å²) in [5, 5.41) is 10.5. The minimum absolute atomic E-state index is 0.248. The van der Waals surface area contributed by atoms with Crippen LogP contribution in [0.4, 0.5) is 17.6 Å². The maximum absolute atomic E-state index is 13.1. The van der Waals surface area contributed by atoms with E-state index in [4.69, 9.17) is 14.6 Å². The number of carboxylic acid groups (broad SMARTS) is 1. The first kappa shape index (κ1) is 32.5. The van der Waals surface area contributed by atoms with Crippen LogP contribution in [0.5, 0.6) is 5.75 Å². The Morgan fingerprint density at radius 3 is 2.24 bits per heavy atom. The molecular weight excluding hydrogens is 586 g/mol. The summed E-state index contributed by atoms with van der Waals surface area (Å²) >= 11 is 1.24. The van der Waals surface area contributed by atoms with Crippen molar-refractivity contribution in [2.75, 3.05) is 33.3 Å². The van der Waals surface area contributed by atoms with E-state index in [1.54, 1.807) is 25.3 Å². The summed E-state index contributed by atoms with van der Waals surface area (Å²) in [7, 11) is -1.95. The van der Waals surface area contributed by atoms with Gasteiger partial charge in [0.25, 0.3) is 0 Å². The molecule has 1 fully saturated rings. The third kappa shape index (κ3) is 10.1. The fraction of sp³-hybridized carbons (Fsp3) is 0.370. The number of ether oxygens (including phenoxy) is 1. The summed E-state index contributed by atoms with van der Waals surface area (Å²) in [5.41, 5.74) is 2.90. The van der Waals surface area contributed by atoms with Crippen LogP contribution in [0.2, 0.25) is 0 Å². The van der Waals surface area contributed by atoms with Gasteiger partial charge in [0.05, 0.1) is 7.11 Å². The third-order valence-electron chi connectivity index (χ3n) is 6.11. The maximum Gasteiger partial charge on any atom is 0.490 e. The van der Waals surface area contributed by atoms with Crippen molar-refractivity contribution in [3.05, 3.63) is 71.5 Å².